The first-order valence-electron chi connectivity index (χ1n) is 5.75. The second kappa shape index (κ2) is 5.46. The molecule has 0 atom stereocenters. The van der Waals surface area contributed by atoms with Gasteiger partial charge in [-0.3, -0.25) is 14.9 Å². The topological polar surface area (TPSA) is 72.9 Å². The quantitative estimate of drug-likeness (QED) is 0.474. The van der Waals surface area contributed by atoms with Crippen molar-refractivity contribution in [3.05, 3.63) is 53.3 Å². The maximum Gasteiger partial charge on any atom is 0.238 e. The van der Waals surface area contributed by atoms with Crippen LogP contribution in [0.5, 0.6) is 0 Å². The molecule has 0 aliphatic rings. The summed E-state index contributed by atoms with van der Waals surface area (Å²) in [5.74, 6) is 4.92. The third kappa shape index (κ3) is 2.75. The Kier molecular flexibility index (Phi) is 3.74. The van der Waals surface area contributed by atoms with Crippen molar-refractivity contribution in [3.8, 4) is 0 Å². The zero-order valence-corrected chi connectivity index (χ0v) is 10.3. The van der Waals surface area contributed by atoms with Crippen molar-refractivity contribution in [1.82, 2.24) is 15.2 Å². The van der Waals surface area contributed by atoms with Crippen LogP contribution in [0.3, 0.4) is 0 Å². The number of aryl methyl sites for hydroxylation is 1. The number of amides is 1. The number of nitrogens with one attached hydrogen (secondary N) is 1. The second-order valence-corrected chi connectivity index (χ2v) is 4.14. The Morgan fingerprint density at radius 3 is 2.67 bits per heavy atom. The molecule has 1 aromatic heterocycles. The second-order valence-electron chi connectivity index (χ2n) is 4.14. The van der Waals surface area contributed by atoms with Gasteiger partial charge in [-0.15, -0.1) is 0 Å². The number of rotatable bonds is 4. The van der Waals surface area contributed by atoms with Gasteiger partial charge < -0.3 is 0 Å². The predicted molar refractivity (Wildman–Crippen MR) is 68.5 cm³/mol. The number of hydrogen-bond acceptors (Lipinski definition) is 3. The van der Waals surface area contributed by atoms with Crippen molar-refractivity contribution < 1.29 is 4.79 Å². The summed E-state index contributed by atoms with van der Waals surface area (Å²) in [7, 11) is 0. The molecule has 2 aromatic rings. The van der Waals surface area contributed by atoms with Crippen LogP contribution in [0.1, 0.15) is 16.8 Å². The number of carbonyl (C=O) groups excluding carboxylic acids is 1. The zero-order chi connectivity index (χ0) is 13.0. The number of aromatic nitrogens is 2. The van der Waals surface area contributed by atoms with Crippen LogP contribution in [0.25, 0.3) is 0 Å². The highest BCUT2D eigenvalue weighted by Gasteiger charge is 2.08. The number of nitrogens with zero attached hydrogens (tertiary/aromatic N) is 2. The van der Waals surface area contributed by atoms with Gasteiger partial charge in [0.25, 0.3) is 0 Å². The fourth-order valence-corrected chi connectivity index (χ4v) is 1.83. The number of carbonyl (C=O) groups is 1. The van der Waals surface area contributed by atoms with Crippen molar-refractivity contribution in [2.75, 3.05) is 0 Å². The Morgan fingerprint density at radius 2 is 2.06 bits per heavy atom. The molecule has 0 spiro atoms. The first-order valence-corrected chi connectivity index (χ1v) is 5.75. The summed E-state index contributed by atoms with van der Waals surface area (Å²) in [6, 6.07) is 9.76. The molecule has 0 saturated heterocycles. The fraction of sp³-hybridized carbons (Fsp3) is 0.231. The minimum atomic E-state index is -0.195. The van der Waals surface area contributed by atoms with Crippen molar-refractivity contribution in [2.45, 2.75) is 19.9 Å². The lowest BCUT2D eigenvalue weighted by Crippen LogP contribution is -2.31. The first-order chi connectivity index (χ1) is 8.70. The fourth-order valence-electron chi connectivity index (χ4n) is 1.83. The summed E-state index contributed by atoms with van der Waals surface area (Å²) in [4.78, 5) is 11.3. The average Bonchev–Trinajstić information content (AvgIpc) is 2.77. The van der Waals surface area contributed by atoms with E-state index >= 15 is 0 Å². The van der Waals surface area contributed by atoms with Gasteiger partial charge in [-0.25, -0.2) is 5.84 Å². The molecule has 0 unspecified atom stereocenters. The largest absolute Gasteiger partial charge is 0.294 e. The van der Waals surface area contributed by atoms with E-state index < -0.39 is 0 Å². The lowest BCUT2D eigenvalue weighted by molar-refractivity contribution is -0.120. The lowest BCUT2D eigenvalue weighted by Gasteiger charge is -2.10. The third-order valence-electron chi connectivity index (χ3n) is 2.88. The minimum absolute atomic E-state index is 0.195. The molecule has 2 rings (SSSR count). The average molecular weight is 244 g/mol. The molecular formula is C13H16N4O. The zero-order valence-electron chi connectivity index (χ0n) is 10.3. The molecule has 5 nitrogen and oxygen atoms in total. The lowest BCUT2D eigenvalue weighted by atomic mass is 10.0. The summed E-state index contributed by atoms with van der Waals surface area (Å²) in [6.45, 7) is 2.66. The van der Waals surface area contributed by atoms with Gasteiger partial charge in [-0.1, -0.05) is 24.3 Å². The van der Waals surface area contributed by atoms with Crippen molar-refractivity contribution in [2.24, 2.45) is 5.84 Å². The van der Waals surface area contributed by atoms with Crippen LogP contribution < -0.4 is 11.3 Å². The Hall–Kier alpha value is -2.14. The molecule has 0 saturated carbocycles. The van der Waals surface area contributed by atoms with Crippen molar-refractivity contribution in [3.63, 3.8) is 0 Å². The number of nitrogens with two attached hydrogens (primary N) is 1. The van der Waals surface area contributed by atoms with E-state index in [9.17, 15) is 4.79 Å². The molecule has 3 N–H and O–H groups in total. The molecule has 18 heavy (non-hydrogen) atoms. The Bertz CT molecular complexity index is 547. The first kappa shape index (κ1) is 12.3. The van der Waals surface area contributed by atoms with Crippen LogP contribution >= 0.6 is 0 Å². The highest BCUT2D eigenvalue weighted by molar-refractivity contribution is 5.78. The third-order valence-corrected chi connectivity index (χ3v) is 2.88. The van der Waals surface area contributed by atoms with Crippen molar-refractivity contribution >= 4 is 5.91 Å². The van der Waals surface area contributed by atoms with Crippen LogP contribution in [0.4, 0.5) is 0 Å². The van der Waals surface area contributed by atoms with Crippen LogP contribution in [-0.2, 0) is 17.8 Å². The van der Waals surface area contributed by atoms with E-state index in [-0.39, 0.29) is 12.3 Å². The Balaban J connectivity index is 2.22. The predicted octanol–water partition coefficient (Wildman–Crippen LogP) is 0.772. The van der Waals surface area contributed by atoms with E-state index in [1.165, 1.54) is 0 Å². The maximum absolute atomic E-state index is 11.3. The SMILES string of the molecule is Cc1ccnn1Cc1ccccc1CC(=O)NN. The van der Waals surface area contributed by atoms with Crippen molar-refractivity contribution in [1.29, 1.82) is 0 Å². The van der Waals surface area contributed by atoms with Gasteiger partial charge in [0.2, 0.25) is 5.91 Å². The Morgan fingerprint density at radius 1 is 1.33 bits per heavy atom. The summed E-state index contributed by atoms with van der Waals surface area (Å²) in [5, 5.41) is 4.24. The van der Waals surface area contributed by atoms with E-state index in [1.54, 1.807) is 6.20 Å². The molecule has 1 heterocycles. The highest BCUT2D eigenvalue weighted by atomic mass is 16.2. The van der Waals surface area contributed by atoms with E-state index in [2.05, 4.69) is 10.5 Å². The van der Waals surface area contributed by atoms with Gasteiger partial charge >= 0.3 is 0 Å². The van der Waals surface area contributed by atoms with Gasteiger partial charge in [-0.2, -0.15) is 5.10 Å². The monoisotopic (exact) mass is 244 g/mol. The molecule has 0 radical (unpaired) electrons. The molecule has 0 aliphatic heterocycles. The normalized spacial score (nSPS) is 10.3. The van der Waals surface area contributed by atoms with Gasteiger partial charge in [-0.05, 0) is 24.1 Å². The number of hydrogen-bond donors (Lipinski definition) is 2. The van der Waals surface area contributed by atoms with Gasteiger partial charge in [0.1, 0.15) is 0 Å². The highest BCUT2D eigenvalue weighted by Crippen LogP contribution is 2.12. The van der Waals surface area contributed by atoms with Crippen LogP contribution in [0, 0.1) is 6.92 Å². The van der Waals surface area contributed by atoms with Gasteiger partial charge in [0, 0.05) is 11.9 Å². The van der Waals surface area contributed by atoms with Crippen LogP contribution in [0.15, 0.2) is 36.5 Å². The van der Waals surface area contributed by atoms with Gasteiger partial charge in [0.15, 0.2) is 0 Å². The van der Waals surface area contributed by atoms with Crippen LogP contribution in [-0.4, -0.2) is 15.7 Å². The summed E-state index contributed by atoms with van der Waals surface area (Å²) < 4.78 is 1.90. The van der Waals surface area contributed by atoms with E-state index in [1.807, 2.05) is 41.9 Å². The maximum atomic E-state index is 11.3. The molecule has 0 bridgehead atoms. The molecule has 0 fully saturated rings. The van der Waals surface area contributed by atoms with Crippen LogP contribution in [0.2, 0.25) is 0 Å². The summed E-state index contributed by atoms with van der Waals surface area (Å²) >= 11 is 0. The minimum Gasteiger partial charge on any atom is -0.294 e. The summed E-state index contributed by atoms with van der Waals surface area (Å²) in [6.07, 6.45) is 2.05. The summed E-state index contributed by atoms with van der Waals surface area (Å²) in [5.41, 5.74) is 5.29. The molecule has 1 aromatic carbocycles. The van der Waals surface area contributed by atoms with E-state index in [0.29, 0.717) is 6.54 Å². The molecule has 5 heteroatoms. The van der Waals surface area contributed by atoms with Gasteiger partial charge in [0.05, 0.1) is 13.0 Å². The molecule has 94 valence electrons. The smallest absolute Gasteiger partial charge is 0.238 e. The molecular weight excluding hydrogens is 228 g/mol. The number of benzene rings is 1. The number of hydrazine groups is 1. The molecule has 0 aliphatic carbocycles. The standard InChI is InChI=1S/C13H16N4O/c1-10-6-7-15-17(10)9-12-5-3-2-4-11(12)8-13(18)16-14/h2-7H,8-9,14H2,1H3,(H,16,18). The Labute approximate surface area is 106 Å². The van der Waals surface area contributed by atoms with E-state index in [0.717, 1.165) is 16.8 Å². The van der Waals surface area contributed by atoms with E-state index in [4.69, 9.17) is 5.84 Å². The molecule has 1 amide bonds.